The molecule has 2 nitrogen and oxygen atoms in total. The maximum absolute atomic E-state index is 5.82. The van der Waals surface area contributed by atoms with Crippen molar-refractivity contribution in [2.75, 3.05) is 6.61 Å². The third-order valence-corrected chi connectivity index (χ3v) is 3.77. The highest BCUT2D eigenvalue weighted by molar-refractivity contribution is 5.20. The van der Waals surface area contributed by atoms with Gasteiger partial charge in [0, 0.05) is 6.20 Å². The molecule has 1 aliphatic rings. The van der Waals surface area contributed by atoms with Crippen LogP contribution >= 0.6 is 0 Å². The van der Waals surface area contributed by atoms with Gasteiger partial charge in [-0.1, -0.05) is 36.4 Å². The van der Waals surface area contributed by atoms with E-state index in [-0.39, 0.29) is 0 Å². The largest absolute Gasteiger partial charge is 0.375 e. The van der Waals surface area contributed by atoms with Gasteiger partial charge in [-0.25, -0.2) is 0 Å². The van der Waals surface area contributed by atoms with Crippen LogP contribution in [0.3, 0.4) is 0 Å². The standard InChI is InChI=1S/C17H19NO/c1-2-5-14(6-3-1)11-15-8-9-16-7-4-10-18-17(16)13-19-12-15/h1-7,10,15H,8-9,11-13H2/t15-/m1/s1. The van der Waals surface area contributed by atoms with Gasteiger partial charge in [-0.05, 0) is 42.4 Å². The first-order valence-corrected chi connectivity index (χ1v) is 6.96. The lowest BCUT2D eigenvalue weighted by molar-refractivity contribution is 0.0769. The fourth-order valence-corrected chi connectivity index (χ4v) is 2.70. The van der Waals surface area contributed by atoms with Gasteiger partial charge in [0.15, 0.2) is 0 Å². The Balaban J connectivity index is 1.67. The molecule has 19 heavy (non-hydrogen) atoms. The number of pyridine rings is 1. The highest BCUT2D eigenvalue weighted by atomic mass is 16.5. The molecule has 2 aromatic rings. The molecule has 0 fully saturated rings. The average Bonchev–Trinajstić information content (AvgIpc) is 2.44. The third-order valence-electron chi connectivity index (χ3n) is 3.77. The Hall–Kier alpha value is -1.67. The molecular weight excluding hydrogens is 234 g/mol. The van der Waals surface area contributed by atoms with Gasteiger partial charge in [0.05, 0.1) is 18.9 Å². The van der Waals surface area contributed by atoms with Gasteiger partial charge < -0.3 is 4.74 Å². The summed E-state index contributed by atoms with van der Waals surface area (Å²) in [4.78, 5) is 4.40. The van der Waals surface area contributed by atoms with Crippen LogP contribution in [0.15, 0.2) is 48.7 Å². The van der Waals surface area contributed by atoms with Gasteiger partial charge >= 0.3 is 0 Å². The first-order chi connectivity index (χ1) is 9.42. The van der Waals surface area contributed by atoms with Crippen LogP contribution in [0.25, 0.3) is 0 Å². The van der Waals surface area contributed by atoms with Gasteiger partial charge in [0.2, 0.25) is 0 Å². The van der Waals surface area contributed by atoms with E-state index in [0.29, 0.717) is 12.5 Å². The predicted octanol–water partition coefficient (Wildman–Crippen LogP) is 3.40. The van der Waals surface area contributed by atoms with Crippen LogP contribution in [-0.4, -0.2) is 11.6 Å². The molecule has 1 aromatic heterocycles. The Morgan fingerprint density at radius 1 is 1.11 bits per heavy atom. The van der Waals surface area contributed by atoms with E-state index in [2.05, 4.69) is 41.4 Å². The normalized spacial score (nSPS) is 19.3. The maximum atomic E-state index is 5.82. The second kappa shape index (κ2) is 5.98. The Labute approximate surface area is 114 Å². The fraction of sp³-hybridized carbons (Fsp3) is 0.353. The van der Waals surface area contributed by atoms with E-state index >= 15 is 0 Å². The molecule has 98 valence electrons. The fourth-order valence-electron chi connectivity index (χ4n) is 2.70. The molecule has 0 spiro atoms. The van der Waals surface area contributed by atoms with Gasteiger partial charge in [-0.3, -0.25) is 4.98 Å². The van der Waals surface area contributed by atoms with Crippen molar-refractivity contribution >= 4 is 0 Å². The van der Waals surface area contributed by atoms with E-state index in [1.807, 2.05) is 12.3 Å². The molecule has 0 N–H and O–H groups in total. The van der Waals surface area contributed by atoms with Crippen LogP contribution in [0.5, 0.6) is 0 Å². The number of fused-ring (bicyclic) bond motifs is 1. The quantitative estimate of drug-likeness (QED) is 0.818. The number of aromatic nitrogens is 1. The Morgan fingerprint density at radius 2 is 2.00 bits per heavy atom. The minimum Gasteiger partial charge on any atom is -0.375 e. The number of benzene rings is 1. The third kappa shape index (κ3) is 3.21. The Bertz CT molecular complexity index is 524. The lowest BCUT2D eigenvalue weighted by Gasteiger charge is -2.21. The molecule has 0 amide bonds. The van der Waals surface area contributed by atoms with Crippen LogP contribution in [0.1, 0.15) is 23.2 Å². The molecular formula is C17H19NO. The van der Waals surface area contributed by atoms with Crippen molar-refractivity contribution in [2.45, 2.75) is 25.9 Å². The van der Waals surface area contributed by atoms with E-state index in [0.717, 1.165) is 25.1 Å². The Kier molecular flexibility index (Phi) is 3.89. The summed E-state index contributed by atoms with van der Waals surface area (Å²) < 4.78 is 5.82. The zero-order valence-corrected chi connectivity index (χ0v) is 11.1. The minimum absolute atomic E-state index is 0.607. The smallest absolute Gasteiger partial charge is 0.0890 e. The van der Waals surface area contributed by atoms with E-state index < -0.39 is 0 Å². The highest BCUT2D eigenvalue weighted by Crippen LogP contribution is 2.21. The van der Waals surface area contributed by atoms with Crippen molar-refractivity contribution in [3.63, 3.8) is 0 Å². The molecule has 2 heteroatoms. The second-order valence-corrected chi connectivity index (χ2v) is 5.22. The topological polar surface area (TPSA) is 22.1 Å². The summed E-state index contributed by atoms with van der Waals surface area (Å²) in [5.74, 6) is 0.607. The summed E-state index contributed by atoms with van der Waals surface area (Å²) in [6.07, 6.45) is 5.25. The zero-order chi connectivity index (χ0) is 12.9. The van der Waals surface area contributed by atoms with Crippen molar-refractivity contribution in [1.82, 2.24) is 4.98 Å². The monoisotopic (exact) mass is 253 g/mol. The van der Waals surface area contributed by atoms with Crippen molar-refractivity contribution < 1.29 is 4.74 Å². The number of ether oxygens (including phenoxy) is 1. The summed E-state index contributed by atoms with van der Waals surface area (Å²) in [6.45, 7) is 1.49. The van der Waals surface area contributed by atoms with E-state index in [1.165, 1.54) is 17.5 Å². The number of nitrogens with zero attached hydrogens (tertiary/aromatic N) is 1. The molecule has 0 bridgehead atoms. The van der Waals surface area contributed by atoms with Crippen LogP contribution in [0, 0.1) is 5.92 Å². The maximum Gasteiger partial charge on any atom is 0.0890 e. The first kappa shape index (κ1) is 12.4. The number of hydrogen-bond donors (Lipinski definition) is 0. The van der Waals surface area contributed by atoms with E-state index in [1.54, 1.807) is 0 Å². The van der Waals surface area contributed by atoms with Crippen LogP contribution < -0.4 is 0 Å². The lowest BCUT2D eigenvalue weighted by Crippen LogP contribution is -2.17. The molecule has 0 aliphatic carbocycles. The van der Waals surface area contributed by atoms with Gasteiger partial charge in [0.1, 0.15) is 0 Å². The van der Waals surface area contributed by atoms with Crippen molar-refractivity contribution in [3.8, 4) is 0 Å². The lowest BCUT2D eigenvalue weighted by atomic mass is 9.92. The molecule has 0 unspecified atom stereocenters. The number of rotatable bonds is 2. The highest BCUT2D eigenvalue weighted by Gasteiger charge is 2.15. The SMILES string of the molecule is c1ccc(C[C@H]2CCc3cccnc3COC2)cc1. The zero-order valence-electron chi connectivity index (χ0n) is 11.1. The van der Waals surface area contributed by atoms with Crippen molar-refractivity contribution in [3.05, 3.63) is 65.5 Å². The van der Waals surface area contributed by atoms with Gasteiger partial charge in [0.25, 0.3) is 0 Å². The molecule has 3 rings (SSSR count). The molecule has 1 atom stereocenters. The second-order valence-electron chi connectivity index (χ2n) is 5.22. The molecule has 0 radical (unpaired) electrons. The van der Waals surface area contributed by atoms with E-state index in [9.17, 15) is 0 Å². The summed E-state index contributed by atoms with van der Waals surface area (Å²) in [5, 5.41) is 0. The summed E-state index contributed by atoms with van der Waals surface area (Å²) >= 11 is 0. The summed E-state index contributed by atoms with van der Waals surface area (Å²) in [6, 6.07) is 14.9. The van der Waals surface area contributed by atoms with Crippen molar-refractivity contribution in [2.24, 2.45) is 5.92 Å². The molecule has 2 heterocycles. The first-order valence-electron chi connectivity index (χ1n) is 6.96. The number of aryl methyl sites for hydroxylation is 1. The minimum atomic E-state index is 0.607. The van der Waals surface area contributed by atoms with Gasteiger partial charge in [-0.2, -0.15) is 0 Å². The summed E-state index contributed by atoms with van der Waals surface area (Å²) in [5.41, 5.74) is 3.86. The number of hydrogen-bond acceptors (Lipinski definition) is 2. The van der Waals surface area contributed by atoms with Gasteiger partial charge in [-0.15, -0.1) is 0 Å². The van der Waals surface area contributed by atoms with E-state index in [4.69, 9.17) is 4.74 Å². The van der Waals surface area contributed by atoms with Crippen LogP contribution in [-0.2, 0) is 24.2 Å². The molecule has 1 aliphatic heterocycles. The molecule has 0 saturated heterocycles. The predicted molar refractivity (Wildman–Crippen MR) is 75.9 cm³/mol. The van der Waals surface area contributed by atoms with Crippen LogP contribution in [0.2, 0.25) is 0 Å². The van der Waals surface area contributed by atoms with Crippen LogP contribution in [0.4, 0.5) is 0 Å². The molecule has 1 aromatic carbocycles. The Morgan fingerprint density at radius 3 is 2.89 bits per heavy atom. The molecule has 0 saturated carbocycles. The van der Waals surface area contributed by atoms with Crippen molar-refractivity contribution in [1.29, 1.82) is 0 Å². The summed E-state index contributed by atoms with van der Waals surface area (Å²) in [7, 11) is 0. The average molecular weight is 253 g/mol.